The largest absolute Gasteiger partial charge is 0.315 e. The Hall–Kier alpha value is -0.430. The molecule has 4 nitrogen and oxygen atoms in total. The van der Waals surface area contributed by atoms with Crippen LogP contribution in [0.4, 0.5) is 0 Å². The molecule has 0 aromatic carbocycles. The second kappa shape index (κ2) is 7.54. The third-order valence-corrected chi connectivity index (χ3v) is 6.17. The summed E-state index contributed by atoms with van der Waals surface area (Å²) in [6.45, 7) is 11.1. The van der Waals surface area contributed by atoms with Gasteiger partial charge in [0, 0.05) is 22.3 Å². The highest BCUT2D eigenvalue weighted by Gasteiger charge is 2.24. The van der Waals surface area contributed by atoms with Crippen LogP contribution >= 0.6 is 11.3 Å². The van der Waals surface area contributed by atoms with Crippen molar-refractivity contribution in [3.63, 3.8) is 0 Å². The molecule has 1 rings (SSSR count). The maximum absolute atomic E-state index is 12.3. The van der Waals surface area contributed by atoms with E-state index in [4.69, 9.17) is 0 Å². The van der Waals surface area contributed by atoms with Gasteiger partial charge in [-0.3, -0.25) is 0 Å². The molecule has 1 heterocycles. The molecule has 0 aliphatic heterocycles. The van der Waals surface area contributed by atoms with Crippen LogP contribution in [0.3, 0.4) is 0 Å². The van der Waals surface area contributed by atoms with Gasteiger partial charge in [0.25, 0.3) is 0 Å². The first-order chi connectivity index (χ1) is 9.27. The molecular formula is C14H26N2O2S2. The minimum atomic E-state index is -3.30. The number of sulfonamides is 1. The SMILES string of the molecule is CCCNCC(C)S(=O)(=O)NC(C)c1cc(C)sc1C. The quantitative estimate of drug-likeness (QED) is 0.725. The molecule has 0 spiro atoms. The summed E-state index contributed by atoms with van der Waals surface area (Å²) in [6.07, 6.45) is 1.00. The van der Waals surface area contributed by atoms with Crippen molar-refractivity contribution in [3.8, 4) is 0 Å². The smallest absolute Gasteiger partial charge is 0.216 e. The number of thiophene rings is 1. The molecule has 6 heteroatoms. The summed E-state index contributed by atoms with van der Waals surface area (Å²) in [6, 6.07) is 1.88. The molecule has 0 aliphatic carbocycles. The van der Waals surface area contributed by atoms with Crippen LogP contribution in [0.1, 0.15) is 48.6 Å². The fourth-order valence-electron chi connectivity index (χ4n) is 2.10. The Kier molecular flexibility index (Phi) is 6.64. The lowest BCUT2D eigenvalue weighted by Gasteiger charge is -2.19. The Morgan fingerprint density at radius 3 is 2.45 bits per heavy atom. The van der Waals surface area contributed by atoms with Crippen molar-refractivity contribution in [2.45, 2.75) is 52.3 Å². The van der Waals surface area contributed by atoms with Gasteiger partial charge in [0.05, 0.1) is 5.25 Å². The van der Waals surface area contributed by atoms with Gasteiger partial charge in [0.2, 0.25) is 10.0 Å². The zero-order valence-corrected chi connectivity index (χ0v) is 14.6. The molecular weight excluding hydrogens is 292 g/mol. The van der Waals surface area contributed by atoms with Crippen LogP contribution in [0.15, 0.2) is 6.07 Å². The molecule has 0 saturated heterocycles. The van der Waals surface area contributed by atoms with E-state index in [1.54, 1.807) is 18.3 Å². The highest BCUT2D eigenvalue weighted by molar-refractivity contribution is 7.90. The van der Waals surface area contributed by atoms with Gasteiger partial charge in [0.15, 0.2) is 0 Å². The normalized spacial score (nSPS) is 15.2. The molecule has 116 valence electrons. The van der Waals surface area contributed by atoms with Crippen molar-refractivity contribution >= 4 is 21.4 Å². The lowest BCUT2D eigenvalue weighted by molar-refractivity contribution is 0.544. The molecule has 1 aromatic heterocycles. The monoisotopic (exact) mass is 318 g/mol. The first-order valence-corrected chi connectivity index (χ1v) is 9.43. The minimum absolute atomic E-state index is 0.182. The van der Waals surface area contributed by atoms with Gasteiger partial charge in [-0.05, 0) is 52.3 Å². The van der Waals surface area contributed by atoms with Crippen LogP contribution in [0.25, 0.3) is 0 Å². The van der Waals surface area contributed by atoms with Gasteiger partial charge in [-0.2, -0.15) is 0 Å². The molecule has 2 unspecified atom stereocenters. The Balaban J connectivity index is 2.68. The van der Waals surface area contributed by atoms with Gasteiger partial charge in [-0.15, -0.1) is 11.3 Å². The lowest BCUT2D eigenvalue weighted by Crippen LogP contribution is -2.40. The Morgan fingerprint density at radius 2 is 1.95 bits per heavy atom. The number of hydrogen-bond donors (Lipinski definition) is 2. The summed E-state index contributed by atoms with van der Waals surface area (Å²) < 4.78 is 27.3. The van der Waals surface area contributed by atoms with Crippen molar-refractivity contribution in [1.29, 1.82) is 0 Å². The standard InChI is InChI=1S/C14H26N2O2S2/c1-6-7-15-9-11(3)20(17,18)16-12(4)14-8-10(2)19-13(14)5/h8,11-12,15-16H,6-7,9H2,1-5H3. The van der Waals surface area contributed by atoms with Crippen LogP contribution in [0.5, 0.6) is 0 Å². The van der Waals surface area contributed by atoms with Crippen LogP contribution in [-0.4, -0.2) is 26.8 Å². The number of aryl methyl sites for hydroxylation is 2. The molecule has 0 amide bonds. The van der Waals surface area contributed by atoms with Crippen LogP contribution < -0.4 is 10.0 Å². The van der Waals surface area contributed by atoms with E-state index in [0.717, 1.165) is 18.5 Å². The van der Waals surface area contributed by atoms with Crippen LogP contribution in [0.2, 0.25) is 0 Å². The van der Waals surface area contributed by atoms with E-state index >= 15 is 0 Å². The minimum Gasteiger partial charge on any atom is -0.315 e. The first-order valence-electron chi connectivity index (χ1n) is 7.06. The number of nitrogens with one attached hydrogen (secondary N) is 2. The molecule has 0 fully saturated rings. The van der Waals surface area contributed by atoms with Gasteiger partial charge in [-0.1, -0.05) is 6.92 Å². The van der Waals surface area contributed by atoms with Crippen molar-refractivity contribution < 1.29 is 8.42 Å². The molecule has 0 radical (unpaired) electrons. The molecule has 2 N–H and O–H groups in total. The topological polar surface area (TPSA) is 58.2 Å². The van der Waals surface area contributed by atoms with Crippen LogP contribution in [0, 0.1) is 13.8 Å². The predicted octanol–water partition coefficient (Wildman–Crippen LogP) is 2.73. The van der Waals surface area contributed by atoms with Crippen molar-refractivity contribution in [2.75, 3.05) is 13.1 Å². The Morgan fingerprint density at radius 1 is 1.30 bits per heavy atom. The predicted molar refractivity (Wildman–Crippen MR) is 86.9 cm³/mol. The molecule has 2 atom stereocenters. The Bertz CT molecular complexity index is 523. The van der Waals surface area contributed by atoms with Gasteiger partial charge >= 0.3 is 0 Å². The molecule has 0 saturated carbocycles. The highest BCUT2D eigenvalue weighted by atomic mass is 32.2. The van der Waals surface area contributed by atoms with Gasteiger partial charge < -0.3 is 5.32 Å². The molecule has 0 aliphatic rings. The van der Waals surface area contributed by atoms with E-state index in [-0.39, 0.29) is 6.04 Å². The van der Waals surface area contributed by atoms with Crippen LogP contribution in [-0.2, 0) is 10.0 Å². The maximum atomic E-state index is 12.3. The first kappa shape index (κ1) is 17.6. The van der Waals surface area contributed by atoms with Gasteiger partial charge in [0.1, 0.15) is 0 Å². The fraction of sp³-hybridized carbons (Fsp3) is 0.714. The zero-order chi connectivity index (χ0) is 15.3. The summed E-state index contributed by atoms with van der Waals surface area (Å²) in [5.41, 5.74) is 1.07. The summed E-state index contributed by atoms with van der Waals surface area (Å²) >= 11 is 1.70. The van der Waals surface area contributed by atoms with Crippen molar-refractivity contribution in [1.82, 2.24) is 10.0 Å². The number of rotatable bonds is 8. The molecule has 1 aromatic rings. The summed E-state index contributed by atoms with van der Waals surface area (Å²) in [7, 11) is -3.30. The van der Waals surface area contributed by atoms with Crippen molar-refractivity contribution in [3.05, 3.63) is 21.4 Å². The Labute approximate surface area is 127 Å². The van der Waals surface area contributed by atoms with E-state index in [2.05, 4.69) is 23.0 Å². The average molecular weight is 319 g/mol. The zero-order valence-electron chi connectivity index (χ0n) is 13.0. The fourth-order valence-corrected chi connectivity index (χ4v) is 4.31. The summed E-state index contributed by atoms with van der Waals surface area (Å²) in [4.78, 5) is 2.38. The van der Waals surface area contributed by atoms with E-state index in [9.17, 15) is 8.42 Å². The lowest BCUT2D eigenvalue weighted by atomic mass is 10.1. The maximum Gasteiger partial charge on any atom is 0.216 e. The highest BCUT2D eigenvalue weighted by Crippen LogP contribution is 2.26. The molecule has 20 heavy (non-hydrogen) atoms. The average Bonchev–Trinajstić information content (AvgIpc) is 2.68. The van der Waals surface area contributed by atoms with E-state index in [1.165, 1.54) is 9.75 Å². The summed E-state index contributed by atoms with van der Waals surface area (Å²) in [5, 5.41) is 2.72. The van der Waals surface area contributed by atoms with E-state index in [0.29, 0.717) is 6.54 Å². The third-order valence-electron chi connectivity index (χ3n) is 3.28. The number of hydrogen-bond acceptors (Lipinski definition) is 4. The van der Waals surface area contributed by atoms with Gasteiger partial charge in [-0.25, -0.2) is 13.1 Å². The second-order valence-corrected chi connectivity index (χ2v) is 8.86. The summed E-state index contributed by atoms with van der Waals surface area (Å²) in [5.74, 6) is 0. The van der Waals surface area contributed by atoms with E-state index < -0.39 is 15.3 Å². The second-order valence-electron chi connectivity index (χ2n) is 5.27. The van der Waals surface area contributed by atoms with Crippen molar-refractivity contribution in [2.24, 2.45) is 0 Å². The molecule has 0 bridgehead atoms. The third kappa shape index (κ3) is 4.84. The van der Waals surface area contributed by atoms with E-state index in [1.807, 2.05) is 20.8 Å².